The minimum Gasteiger partial charge on any atom is -0.495 e. The van der Waals surface area contributed by atoms with Crippen LogP contribution in [0.3, 0.4) is 0 Å². The quantitative estimate of drug-likeness (QED) is 0.846. The molecule has 2 aromatic rings. The maximum Gasteiger partial charge on any atom is 0.142 e. The van der Waals surface area contributed by atoms with Crippen LogP contribution < -0.4 is 10.1 Å². The first-order valence-corrected chi connectivity index (χ1v) is 5.30. The van der Waals surface area contributed by atoms with Crippen molar-refractivity contribution in [2.24, 2.45) is 0 Å². The first-order valence-electron chi connectivity index (χ1n) is 5.30. The zero-order valence-corrected chi connectivity index (χ0v) is 9.55. The molecule has 0 aliphatic carbocycles. The first kappa shape index (κ1) is 11.4. The Kier molecular flexibility index (Phi) is 3.57. The van der Waals surface area contributed by atoms with E-state index in [4.69, 9.17) is 4.74 Å². The van der Waals surface area contributed by atoms with Gasteiger partial charge in [-0.3, -0.25) is 0 Å². The third-order valence-corrected chi connectivity index (χ3v) is 2.42. The smallest absolute Gasteiger partial charge is 0.142 e. The van der Waals surface area contributed by atoms with E-state index >= 15 is 0 Å². The van der Waals surface area contributed by atoms with E-state index in [0.717, 1.165) is 17.0 Å². The molecule has 0 atom stereocenters. The first-order chi connectivity index (χ1) is 8.35. The molecular formula is C13H14N2O2. The lowest BCUT2D eigenvalue weighted by Crippen LogP contribution is -2.00. The lowest BCUT2D eigenvalue weighted by molar-refractivity contribution is 0.282. The summed E-state index contributed by atoms with van der Waals surface area (Å²) in [5.41, 5.74) is 1.57. The van der Waals surface area contributed by atoms with Crippen LogP contribution in [-0.2, 0) is 6.61 Å². The SMILES string of the molecule is COc1ccccc1Nc1ncccc1CO. The highest BCUT2D eigenvalue weighted by Crippen LogP contribution is 2.27. The molecule has 4 heteroatoms. The summed E-state index contributed by atoms with van der Waals surface area (Å²) < 4.78 is 5.24. The molecule has 0 aliphatic heterocycles. The summed E-state index contributed by atoms with van der Waals surface area (Å²) in [4.78, 5) is 4.19. The molecule has 1 aromatic carbocycles. The number of nitrogens with zero attached hydrogens (tertiary/aromatic N) is 1. The highest BCUT2D eigenvalue weighted by atomic mass is 16.5. The van der Waals surface area contributed by atoms with E-state index < -0.39 is 0 Å². The number of methoxy groups -OCH3 is 1. The van der Waals surface area contributed by atoms with Crippen molar-refractivity contribution in [1.29, 1.82) is 0 Å². The van der Waals surface area contributed by atoms with Crippen molar-refractivity contribution in [2.45, 2.75) is 6.61 Å². The molecule has 0 amide bonds. The minimum absolute atomic E-state index is 0.0503. The zero-order valence-electron chi connectivity index (χ0n) is 9.55. The third-order valence-electron chi connectivity index (χ3n) is 2.42. The zero-order chi connectivity index (χ0) is 12.1. The molecule has 0 bridgehead atoms. The van der Waals surface area contributed by atoms with Gasteiger partial charge in [-0.05, 0) is 18.2 Å². The fourth-order valence-electron chi connectivity index (χ4n) is 1.55. The Labute approximate surface area is 99.9 Å². The summed E-state index contributed by atoms with van der Waals surface area (Å²) in [5.74, 6) is 1.38. The molecule has 0 unspecified atom stereocenters. The molecule has 0 saturated heterocycles. The minimum atomic E-state index is -0.0503. The van der Waals surface area contributed by atoms with E-state index in [2.05, 4.69) is 10.3 Å². The number of rotatable bonds is 4. The molecule has 4 nitrogen and oxygen atoms in total. The number of ether oxygens (including phenoxy) is 1. The summed E-state index contributed by atoms with van der Waals surface area (Å²) in [5, 5.41) is 12.4. The van der Waals surface area contributed by atoms with E-state index in [1.54, 1.807) is 19.4 Å². The highest BCUT2D eigenvalue weighted by molar-refractivity contribution is 5.65. The van der Waals surface area contributed by atoms with Crippen molar-refractivity contribution in [3.8, 4) is 5.75 Å². The van der Waals surface area contributed by atoms with Crippen molar-refractivity contribution < 1.29 is 9.84 Å². The average molecular weight is 230 g/mol. The van der Waals surface area contributed by atoms with Crippen molar-refractivity contribution in [3.63, 3.8) is 0 Å². The maximum atomic E-state index is 9.21. The number of pyridine rings is 1. The summed E-state index contributed by atoms with van der Waals surface area (Å²) in [7, 11) is 1.62. The van der Waals surface area contributed by atoms with Gasteiger partial charge in [-0.1, -0.05) is 18.2 Å². The standard InChI is InChI=1S/C13H14N2O2/c1-17-12-7-3-2-6-11(12)15-13-10(9-16)5-4-8-14-13/h2-8,16H,9H2,1H3,(H,14,15). The molecule has 17 heavy (non-hydrogen) atoms. The highest BCUT2D eigenvalue weighted by Gasteiger charge is 2.05. The predicted octanol–water partition coefficient (Wildman–Crippen LogP) is 2.33. The number of benzene rings is 1. The van der Waals surface area contributed by atoms with E-state index in [1.807, 2.05) is 30.3 Å². The van der Waals surface area contributed by atoms with Crippen LogP contribution in [0.25, 0.3) is 0 Å². The normalized spacial score (nSPS) is 10.0. The third kappa shape index (κ3) is 2.54. The maximum absolute atomic E-state index is 9.21. The number of hydrogen-bond donors (Lipinski definition) is 2. The average Bonchev–Trinajstić information content (AvgIpc) is 2.40. The van der Waals surface area contributed by atoms with Gasteiger partial charge >= 0.3 is 0 Å². The van der Waals surface area contributed by atoms with Gasteiger partial charge in [0, 0.05) is 11.8 Å². The summed E-state index contributed by atoms with van der Waals surface area (Å²) in [6, 6.07) is 11.2. The second-order valence-corrected chi connectivity index (χ2v) is 3.49. The number of para-hydroxylation sites is 2. The molecule has 1 aromatic heterocycles. The topological polar surface area (TPSA) is 54.4 Å². The molecule has 2 N–H and O–H groups in total. The number of hydrogen-bond acceptors (Lipinski definition) is 4. The molecule has 0 saturated carbocycles. The summed E-state index contributed by atoms with van der Waals surface area (Å²) in [6.45, 7) is -0.0503. The van der Waals surface area contributed by atoms with Gasteiger partial charge in [0.1, 0.15) is 11.6 Å². The van der Waals surface area contributed by atoms with Gasteiger partial charge in [0.05, 0.1) is 19.4 Å². The molecule has 88 valence electrons. The van der Waals surface area contributed by atoms with Crippen LogP contribution in [-0.4, -0.2) is 17.2 Å². The Morgan fingerprint density at radius 1 is 1.24 bits per heavy atom. The van der Waals surface area contributed by atoms with Crippen LogP contribution in [0.4, 0.5) is 11.5 Å². The van der Waals surface area contributed by atoms with E-state index in [9.17, 15) is 5.11 Å². The Morgan fingerprint density at radius 3 is 2.82 bits per heavy atom. The van der Waals surface area contributed by atoms with Crippen LogP contribution in [0.5, 0.6) is 5.75 Å². The lowest BCUT2D eigenvalue weighted by atomic mass is 10.2. The number of aromatic nitrogens is 1. The van der Waals surface area contributed by atoms with Crippen LogP contribution in [0.2, 0.25) is 0 Å². The number of aliphatic hydroxyl groups excluding tert-OH is 1. The fourth-order valence-corrected chi connectivity index (χ4v) is 1.55. The van der Waals surface area contributed by atoms with E-state index in [-0.39, 0.29) is 6.61 Å². The Bertz CT molecular complexity index is 455. The van der Waals surface area contributed by atoms with Gasteiger partial charge in [-0.25, -0.2) is 4.98 Å². The largest absolute Gasteiger partial charge is 0.495 e. The van der Waals surface area contributed by atoms with Gasteiger partial charge in [0.2, 0.25) is 0 Å². The van der Waals surface area contributed by atoms with Crippen LogP contribution >= 0.6 is 0 Å². The molecule has 0 fully saturated rings. The Balaban J connectivity index is 2.31. The summed E-state index contributed by atoms with van der Waals surface area (Å²) in [6.07, 6.45) is 1.68. The fraction of sp³-hybridized carbons (Fsp3) is 0.154. The molecule has 0 spiro atoms. The molecule has 1 heterocycles. The monoisotopic (exact) mass is 230 g/mol. The van der Waals surface area contributed by atoms with Crippen LogP contribution in [0.1, 0.15) is 5.56 Å². The number of aliphatic hydroxyl groups is 1. The molecule has 0 radical (unpaired) electrons. The Morgan fingerprint density at radius 2 is 2.06 bits per heavy atom. The van der Waals surface area contributed by atoms with Crippen molar-refractivity contribution in [2.75, 3.05) is 12.4 Å². The Hall–Kier alpha value is -2.07. The second-order valence-electron chi connectivity index (χ2n) is 3.49. The lowest BCUT2D eigenvalue weighted by Gasteiger charge is -2.12. The van der Waals surface area contributed by atoms with E-state index in [0.29, 0.717) is 5.82 Å². The van der Waals surface area contributed by atoms with Crippen LogP contribution in [0, 0.1) is 0 Å². The van der Waals surface area contributed by atoms with Crippen LogP contribution in [0.15, 0.2) is 42.6 Å². The van der Waals surface area contributed by atoms with Crippen molar-refractivity contribution >= 4 is 11.5 Å². The number of nitrogens with one attached hydrogen (secondary N) is 1. The van der Waals surface area contributed by atoms with Gasteiger partial charge in [-0.15, -0.1) is 0 Å². The number of anilines is 2. The van der Waals surface area contributed by atoms with Crippen molar-refractivity contribution in [3.05, 3.63) is 48.2 Å². The van der Waals surface area contributed by atoms with E-state index in [1.165, 1.54) is 0 Å². The predicted molar refractivity (Wildman–Crippen MR) is 66.4 cm³/mol. The van der Waals surface area contributed by atoms with Gasteiger partial charge < -0.3 is 15.2 Å². The molecule has 0 aliphatic rings. The molecular weight excluding hydrogens is 216 g/mol. The summed E-state index contributed by atoms with van der Waals surface area (Å²) >= 11 is 0. The molecule has 2 rings (SSSR count). The second kappa shape index (κ2) is 5.32. The van der Waals surface area contributed by atoms with Gasteiger partial charge in [-0.2, -0.15) is 0 Å². The van der Waals surface area contributed by atoms with Gasteiger partial charge in [0.15, 0.2) is 0 Å². The van der Waals surface area contributed by atoms with Gasteiger partial charge in [0.25, 0.3) is 0 Å². The van der Waals surface area contributed by atoms with Crippen molar-refractivity contribution in [1.82, 2.24) is 4.98 Å².